The number of rotatable bonds is 4. The molecule has 1 aliphatic rings. The van der Waals surface area contributed by atoms with Crippen molar-refractivity contribution in [3.8, 4) is 0 Å². The predicted octanol–water partition coefficient (Wildman–Crippen LogP) is 1.64. The molecule has 0 radical (unpaired) electrons. The van der Waals surface area contributed by atoms with Crippen LogP contribution >= 0.6 is 11.8 Å². The molecular weight excluding hydrogens is 220 g/mol. The van der Waals surface area contributed by atoms with Crippen LogP contribution in [0.2, 0.25) is 0 Å². The maximum absolute atomic E-state index is 10.2. The van der Waals surface area contributed by atoms with E-state index >= 15 is 0 Å². The minimum Gasteiger partial charge on any atom is -0.392 e. The van der Waals surface area contributed by atoms with E-state index < -0.39 is 0 Å². The molecule has 0 amide bonds. The van der Waals surface area contributed by atoms with Gasteiger partial charge in [0.25, 0.3) is 0 Å². The minimum absolute atomic E-state index is 0.199. The number of aliphatic hydroxyl groups excluding tert-OH is 1. The van der Waals surface area contributed by atoms with Gasteiger partial charge >= 0.3 is 0 Å². The van der Waals surface area contributed by atoms with Crippen LogP contribution in [0.25, 0.3) is 0 Å². The monoisotopic (exact) mass is 240 g/mol. The van der Waals surface area contributed by atoms with Crippen LogP contribution in [0.3, 0.4) is 0 Å². The Morgan fingerprint density at radius 2 is 2.50 bits per heavy atom. The van der Waals surface area contributed by atoms with Crippen molar-refractivity contribution in [3.63, 3.8) is 0 Å². The van der Waals surface area contributed by atoms with Gasteiger partial charge < -0.3 is 5.11 Å². The van der Waals surface area contributed by atoms with Gasteiger partial charge in [0.2, 0.25) is 0 Å². The first-order valence-electron chi connectivity index (χ1n) is 5.98. The summed E-state index contributed by atoms with van der Waals surface area (Å²) >= 11 is 1.95. The van der Waals surface area contributed by atoms with Crippen molar-refractivity contribution in [3.05, 3.63) is 17.5 Å². The minimum atomic E-state index is -0.199. The molecule has 1 aliphatic heterocycles. The Labute approximate surface area is 101 Å². The molecular formula is C12H20N2OS. The Bertz CT molecular complexity index is 345. The summed E-state index contributed by atoms with van der Waals surface area (Å²) in [6.45, 7) is 2.11. The molecule has 4 heteroatoms. The Kier molecular flexibility index (Phi) is 3.92. The normalized spacial score (nSPS) is 22.6. The van der Waals surface area contributed by atoms with Gasteiger partial charge in [-0.25, -0.2) is 0 Å². The summed E-state index contributed by atoms with van der Waals surface area (Å²) in [4.78, 5) is 0. The Balaban J connectivity index is 1.99. The van der Waals surface area contributed by atoms with Crippen molar-refractivity contribution in [2.75, 3.05) is 11.5 Å². The zero-order valence-corrected chi connectivity index (χ0v) is 10.8. The summed E-state index contributed by atoms with van der Waals surface area (Å²) in [7, 11) is 1.96. The number of aliphatic hydroxyl groups is 1. The van der Waals surface area contributed by atoms with Crippen molar-refractivity contribution in [1.29, 1.82) is 0 Å². The van der Waals surface area contributed by atoms with E-state index in [1.807, 2.05) is 23.5 Å². The van der Waals surface area contributed by atoms with Crippen LogP contribution in [-0.4, -0.2) is 32.5 Å². The summed E-state index contributed by atoms with van der Waals surface area (Å²) in [5, 5.41) is 14.6. The third-order valence-corrected chi connectivity index (χ3v) is 4.51. The lowest BCUT2D eigenvalue weighted by Gasteiger charge is -2.16. The first-order valence-corrected chi connectivity index (χ1v) is 7.13. The van der Waals surface area contributed by atoms with E-state index in [2.05, 4.69) is 18.1 Å². The highest BCUT2D eigenvalue weighted by atomic mass is 32.2. The third-order valence-electron chi connectivity index (χ3n) is 3.32. The second-order valence-corrected chi connectivity index (χ2v) is 5.65. The van der Waals surface area contributed by atoms with Crippen molar-refractivity contribution in [1.82, 2.24) is 9.78 Å². The fourth-order valence-electron chi connectivity index (χ4n) is 2.17. The second-order valence-electron chi connectivity index (χ2n) is 4.50. The Hall–Kier alpha value is -0.480. The zero-order chi connectivity index (χ0) is 11.5. The molecule has 1 fully saturated rings. The summed E-state index contributed by atoms with van der Waals surface area (Å²) < 4.78 is 1.91. The molecule has 0 aliphatic carbocycles. The molecule has 2 atom stereocenters. The number of thioether (sulfide) groups is 1. The van der Waals surface area contributed by atoms with Crippen molar-refractivity contribution in [2.24, 2.45) is 13.0 Å². The fourth-order valence-corrected chi connectivity index (χ4v) is 3.50. The van der Waals surface area contributed by atoms with Crippen LogP contribution in [-0.2, 0) is 19.9 Å². The van der Waals surface area contributed by atoms with E-state index in [0.29, 0.717) is 5.92 Å². The van der Waals surface area contributed by atoms with Crippen LogP contribution < -0.4 is 0 Å². The topological polar surface area (TPSA) is 38.0 Å². The van der Waals surface area contributed by atoms with Crippen molar-refractivity contribution >= 4 is 11.8 Å². The lowest BCUT2D eigenvalue weighted by atomic mass is 9.98. The fraction of sp³-hybridized carbons (Fsp3) is 0.750. The molecule has 1 aromatic rings. The highest BCUT2D eigenvalue weighted by molar-refractivity contribution is 7.99. The van der Waals surface area contributed by atoms with E-state index in [-0.39, 0.29) is 6.10 Å². The second kappa shape index (κ2) is 5.23. The van der Waals surface area contributed by atoms with Gasteiger partial charge in [-0.1, -0.05) is 6.92 Å². The zero-order valence-electron chi connectivity index (χ0n) is 10.0. The molecule has 2 rings (SSSR count). The lowest BCUT2D eigenvalue weighted by Crippen LogP contribution is -2.23. The summed E-state index contributed by atoms with van der Waals surface area (Å²) in [5.41, 5.74) is 2.27. The van der Waals surface area contributed by atoms with Gasteiger partial charge in [0, 0.05) is 19.2 Å². The third kappa shape index (κ3) is 2.61. The predicted molar refractivity (Wildman–Crippen MR) is 67.7 cm³/mol. The van der Waals surface area contributed by atoms with E-state index in [1.165, 1.54) is 5.75 Å². The molecule has 1 N–H and O–H groups in total. The number of nitrogens with zero attached hydrogens (tertiary/aromatic N) is 2. The average molecular weight is 240 g/mol. The largest absolute Gasteiger partial charge is 0.392 e. The van der Waals surface area contributed by atoms with Crippen LogP contribution in [0.5, 0.6) is 0 Å². The van der Waals surface area contributed by atoms with Crippen molar-refractivity contribution < 1.29 is 5.11 Å². The quantitative estimate of drug-likeness (QED) is 0.869. The Morgan fingerprint density at radius 3 is 3.06 bits per heavy atom. The maximum Gasteiger partial charge on any atom is 0.0631 e. The average Bonchev–Trinajstić information content (AvgIpc) is 2.88. The molecule has 90 valence electrons. The molecule has 0 saturated carbocycles. The molecule has 0 spiro atoms. The van der Waals surface area contributed by atoms with E-state index in [4.69, 9.17) is 0 Å². The first-order chi connectivity index (χ1) is 7.70. The van der Waals surface area contributed by atoms with E-state index in [9.17, 15) is 5.11 Å². The maximum atomic E-state index is 10.2. The van der Waals surface area contributed by atoms with Gasteiger partial charge in [-0.05, 0) is 36.3 Å². The molecule has 2 heterocycles. The van der Waals surface area contributed by atoms with Gasteiger partial charge in [0.1, 0.15) is 0 Å². The molecule has 2 unspecified atom stereocenters. The highest BCUT2D eigenvalue weighted by Crippen LogP contribution is 2.27. The molecule has 0 bridgehead atoms. The summed E-state index contributed by atoms with van der Waals surface area (Å²) in [6, 6.07) is 2.12. The summed E-state index contributed by atoms with van der Waals surface area (Å²) in [6.07, 6.45) is 2.66. The molecule has 1 aromatic heterocycles. The van der Waals surface area contributed by atoms with Gasteiger partial charge in [-0.2, -0.15) is 16.9 Å². The summed E-state index contributed by atoms with van der Waals surface area (Å²) in [5.74, 6) is 2.79. The van der Waals surface area contributed by atoms with Crippen LogP contribution in [0.1, 0.15) is 24.7 Å². The molecule has 1 saturated heterocycles. The number of aromatic nitrogens is 2. The van der Waals surface area contributed by atoms with Crippen LogP contribution in [0.4, 0.5) is 0 Å². The standard InChI is InChI=1S/C12H20N2OS/c1-3-10-6-11(14(2)13-10)7-12(15)9-4-5-16-8-9/h6,9,12,15H,3-5,7-8H2,1-2H3. The van der Waals surface area contributed by atoms with Gasteiger partial charge in [-0.3, -0.25) is 4.68 Å². The van der Waals surface area contributed by atoms with Crippen molar-refractivity contribution in [2.45, 2.75) is 32.3 Å². The smallest absolute Gasteiger partial charge is 0.0631 e. The SMILES string of the molecule is CCc1cc(CC(O)C2CCSC2)n(C)n1. The lowest BCUT2D eigenvalue weighted by molar-refractivity contribution is 0.118. The molecule has 3 nitrogen and oxygen atoms in total. The molecule has 0 aromatic carbocycles. The van der Waals surface area contributed by atoms with Gasteiger partial charge in [-0.15, -0.1) is 0 Å². The van der Waals surface area contributed by atoms with E-state index in [1.54, 1.807) is 0 Å². The van der Waals surface area contributed by atoms with Crippen LogP contribution in [0.15, 0.2) is 6.07 Å². The number of hydrogen-bond donors (Lipinski definition) is 1. The van der Waals surface area contributed by atoms with E-state index in [0.717, 1.165) is 36.4 Å². The van der Waals surface area contributed by atoms with Gasteiger partial charge in [0.15, 0.2) is 0 Å². The first kappa shape index (κ1) is 12.0. The van der Waals surface area contributed by atoms with Crippen LogP contribution in [0, 0.1) is 5.92 Å². The highest BCUT2D eigenvalue weighted by Gasteiger charge is 2.24. The Morgan fingerprint density at radius 1 is 1.69 bits per heavy atom. The number of aryl methyl sites for hydroxylation is 2. The number of hydrogen-bond acceptors (Lipinski definition) is 3. The molecule has 16 heavy (non-hydrogen) atoms. The van der Waals surface area contributed by atoms with Gasteiger partial charge in [0.05, 0.1) is 11.8 Å².